The number of aromatic nitrogens is 5. The highest BCUT2D eigenvalue weighted by Crippen LogP contribution is 2.29. The van der Waals surface area contributed by atoms with E-state index in [2.05, 4.69) is 22.2 Å². The van der Waals surface area contributed by atoms with Gasteiger partial charge < -0.3 is 9.30 Å². The molecule has 0 aliphatic heterocycles. The Labute approximate surface area is 166 Å². The fourth-order valence-electron chi connectivity index (χ4n) is 3.49. The number of hydrogen-bond donors (Lipinski definition) is 0. The summed E-state index contributed by atoms with van der Waals surface area (Å²) in [4.78, 5) is 12.8. The first-order valence-corrected chi connectivity index (χ1v) is 9.66. The third-order valence-corrected chi connectivity index (χ3v) is 4.94. The topological polar surface area (TPSA) is 74.3 Å². The van der Waals surface area contributed by atoms with Crippen LogP contribution in [0, 0.1) is 5.82 Å². The molecule has 0 atom stereocenters. The molecule has 0 amide bonds. The van der Waals surface area contributed by atoms with Crippen LogP contribution >= 0.6 is 0 Å². The van der Waals surface area contributed by atoms with Gasteiger partial charge in [-0.25, -0.2) is 8.91 Å². The number of fused-ring (bicyclic) bond motifs is 3. The van der Waals surface area contributed by atoms with Crippen LogP contribution in [-0.2, 0) is 17.9 Å². The van der Waals surface area contributed by atoms with E-state index in [4.69, 9.17) is 4.74 Å². The number of ether oxygens (including phenoxy) is 1. The van der Waals surface area contributed by atoms with E-state index in [0.29, 0.717) is 29.0 Å². The Balaban J connectivity index is 1.90. The van der Waals surface area contributed by atoms with Crippen molar-refractivity contribution in [1.29, 1.82) is 0 Å². The molecule has 8 heteroatoms. The van der Waals surface area contributed by atoms with Gasteiger partial charge in [-0.1, -0.05) is 31.9 Å². The summed E-state index contributed by atoms with van der Waals surface area (Å²) in [6.45, 7) is 3.03. The molecule has 29 heavy (non-hydrogen) atoms. The summed E-state index contributed by atoms with van der Waals surface area (Å²) in [5.74, 6) is -0.321. The van der Waals surface area contributed by atoms with Crippen molar-refractivity contribution in [3.63, 3.8) is 0 Å². The second kappa shape index (κ2) is 8.08. The molecule has 1 aromatic carbocycles. The van der Waals surface area contributed by atoms with Gasteiger partial charge in [0, 0.05) is 19.9 Å². The van der Waals surface area contributed by atoms with Crippen molar-refractivity contribution in [3.05, 3.63) is 58.4 Å². The first-order chi connectivity index (χ1) is 14.1. The van der Waals surface area contributed by atoms with Crippen LogP contribution in [0.2, 0.25) is 0 Å². The monoisotopic (exact) mass is 395 g/mol. The Hall–Kier alpha value is -3.13. The first kappa shape index (κ1) is 19.2. The molecule has 4 rings (SSSR count). The van der Waals surface area contributed by atoms with Crippen LogP contribution in [0.25, 0.3) is 27.8 Å². The van der Waals surface area contributed by atoms with Crippen molar-refractivity contribution in [2.75, 3.05) is 7.11 Å². The number of halogens is 1. The molecular formula is C21H22FN5O2. The van der Waals surface area contributed by atoms with Crippen LogP contribution in [0.1, 0.15) is 31.9 Å². The van der Waals surface area contributed by atoms with E-state index in [0.717, 1.165) is 24.8 Å². The summed E-state index contributed by atoms with van der Waals surface area (Å²) >= 11 is 0. The van der Waals surface area contributed by atoms with Crippen LogP contribution in [-0.4, -0.2) is 31.5 Å². The highest BCUT2D eigenvalue weighted by atomic mass is 19.1. The second-order valence-electron chi connectivity index (χ2n) is 6.95. The fraction of sp³-hybridized carbons (Fsp3) is 0.333. The van der Waals surface area contributed by atoms with Crippen molar-refractivity contribution in [2.45, 2.75) is 39.3 Å². The molecule has 0 aliphatic carbocycles. The number of hydrogen-bond acceptors (Lipinski definition) is 5. The maximum absolute atomic E-state index is 13.4. The van der Waals surface area contributed by atoms with Crippen LogP contribution in [0.5, 0.6) is 0 Å². The molecular weight excluding hydrogens is 373 g/mol. The maximum Gasteiger partial charge on any atom is 0.280 e. The predicted octanol–water partition coefficient (Wildman–Crippen LogP) is 3.58. The molecule has 3 heterocycles. The normalized spacial score (nSPS) is 11.6. The molecule has 0 aliphatic rings. The lowest BCUT2D eigenvalue weighted by Gasteiger charge is -2.07. The summed E-state index contributed by atoms with van der Waals surface area (Å²) in [6, 6.07) is 7.95. The molecule has 0 radical (unpaired) electrons. The van der Waals surface area contributed by atoms with E-state index in [-0.39, 0.29) is 23.5 Å². The molecule has 150 valence electrons. The van der Waals surface area contributed by atoms with E-state index in [1.807, 2.05) is 6.07 Å². The molecule has 0 saturated heterocycles. The maximum atomic E-state index is 13.4. The average molecular weight is 395 g/mol. The lowest BCUT2D eigenvalue weighted by molar-refractivity contribution is 0.181. The summed E-state index contributed by atoms with van der Waals surface area (Å²) in [7, 11) is 1.58. The zero-order valence-electron chi connectivity index (χ0n) is 16.4. The fourth-order valence-corrected chi connectivity index (χ4v) is 3.49. The molecule has 0 N–H and O–H groups in total. The average Bonchev–Trinajstić information content (AvgIpc) is 3.09. The number of pyridine rings is 1. The van der Waals surface area contributed by atoms with E-state index in [9.17, 15) is 9.18 Å². The zero-order chi connectivity index (χ0) is 20.4. The van der Waals surface area contributed by atoms with Gasteiger partial charge in [0.05, 0.1) is 17.9 Å². The first-order valence-electron chi connectivity index (χ1n) is 9.66. The van der Waals surface area contributed by atoms with Gasteiger partial charge in [-0.05, 0) is 30.2 Å². The number of unbranched alkanes of at least 4 members (excludes halogenated alkanes) is 2. The minimum atomic E-state index is -0.321. The minimum Gasteiger partial charge on any atom is -0.378 e. The van der Waals surface area contributed by atoms with Crippen LogP contribution in [0.3, 0.4) is 0 Å². The van der Waals surface area contributed by atoms with Gasteiger partial charge in [0.25, 0.3) is 5.56 Å². The van der Waals surface area contributed by atoms with Gasteiger partial charge in [-0.3, -0.25) is 4.79 Å². The van der Waals surface area contributed by atoms with Gasteiger partial charge in [-0.2, -0.15) is 5.10 Å². The zero-order valence-corrected chi connectivity index (χ0v) is 16.4. The molecule has 4 aromatic rings. The van der Waals surface area contributed by atoms with Crippen LogP contribution in [0.4, 0.5) is 4.39 Å². The molecule has 0 spiro atoms. The van der Waals surface area contributed by atoms with Crippen molar-refractivity contribution < 1.29 is 9.13 Å². The molecule has 7 nitrogen and oxygen atoms in total. The molecule has 3 aromatic heterocycles. The quantitative estimate of drug-likeness (QED) is 0.447. The summed E-state index contributed by atoms with van der Waals surface area (Å²) < 4.78 is 22.0. The number of aryl methyl sites for hydroxylation is 1. The van der Waals surface area contributed by atoms with E-state index >= 15 is 0 Å². The van der Waals surface area contributed by atoms with Crippen LogP contribution < -0.4 is 5.56 Å². The molecule has 0 unspecified atom stereocenters. The van der Waals surface area contributed by atoms with Gasteiger partial charge in [-0.15, -0.1) is 10.2 Å². The van der Waals surface area contributed by atoms with Crippen LogP contribution in [0.15, 0.2) is 41.3 Å². The standard InChI is InChI=1S/C21H22FN5O2/c1-3-4-5-11-26-12-10-17-19(21(26)28)23-24-20-18(14-6-8-15(22)9-7-14)16(13-29-2)25-27(17)20/h6-10,12H,3-5,11,13H2,1-2H3. The van der Waals surface area contributed by atoms with Gasteiger partial charge >= 0.3 is 0 Å². The van der Waals surface area contributed by atoms with Gasteiger partial charge in [0.1, 0.15) is 11.3 Å². The summed E-state index contributed by atoms with van der Waals surface area (Å²) in [6.07, 6.45) is 4.86. The molecule has 0 bridgehead atoms. The van der Waals surface area contributed by atoms with Crippen molar-refractivity contribution in [2.24, 2.45) is 0 Å². The summed E-state index contributed by atoms with van der Waals surface area (Å²) in [5, 5.41) is 13.1. The molecule has 0 fully saturated rings. The number of methoxy groups -OCH3 is 1. The van der Waals surface area contributed by atoms with E-state index in [1.54, 1.807) is 34.5 Å². The Morgan fingerprint density at radius 3 is 2.62 bits per heavy atom. The van der Waals surface area contributed by atoms with Crippen molar-refractivity contribution in [3.8, 4) is 11.1 Å². The SMILES string of the molecule is CCCCCn1ccc2c(nnc3c(-c4ccc(F)cc4)c(COC)nn32)c1=O. The number of benzene rings is 1. The third-order valence-electron chi connectivity index (χ3n) is 4.94. The van der Waals surface area contributed by atoms with E-state index in [1.165, 1.54) is 12.1 Å². The lowest BCUT2D eigenvalue weighted by atomic mass is 10.1. The highest BCUT2D eigenvalue weighted by Gasteiger charge is 2.19. The predicted molar refractivity (Wildman–Crippen MR) is 108 cm³/mol. The Morgan fingerprint density at radius 2 is 1.90 bits per heavy atom. The molecule has 0 saturated carbocycles. The van der Waals surface area contributed by atoms with Gasteiger partial charge in [0.2, 0.25) is 0 Å². The van der Waals surface area contributed by atoms with Crippen molar-refractivity contribution in [1.82, 2.24) is 24.4 Å². The Morgan fingerprint density at radius 1 is 1.10 bits per heavy atom. The number of rotatable bonds is 7. The second-order valence-corrected chi connectivity index (χ2v) is 6.95. The summed E-state index contributed by atoms with van der Waals surface area (Å²) in [5.41, 5.74) is 3.29. The Bertz CT molecular complexity index is 1210. The minimum absolute atomic E-state index is 0.180. The number of nitrogens with zero attached hydrogens (tertiary/aromatic N) is 5. The highest BCUT2D eigenvalue weighted by molar-refractivity contribution is 5.84. The Kier molecular flexibility index (Phi) is 5.35. The van der Waals surface area contributed by atoms with E-state index < -0.39 is 0 Å². The smallest absolute Gasteiger partial charge is 0.280 e. The third kappa shape index (κ3) is 3.51. The largest absolute Gasteiger partial charge is 0.378 e. The lowest BCUT2D eigenvalue weighted by Crippen LogP contribution is -2.21. The van der Waals surface area contributed by atoms with Crippen molar-refractivity contribution >= 4 is 16.7 Å². The van der Waals surface area contributed by atoms with Gasteiger partial charge in [0.15, 0.2) is 11.2 Å².